The molecule has 0 spiro atoms. The summed E-state index contributed by atoms with van der Waals surface area (Å²) in [4.78, 5) is 19.6. The summed E-state index contributed by atoms with van der Waals surface area (Å²) in [6.45, 7) is 1.65. The van der Waals surface area contributed by atoms with Gasteiger partial charge in [-0.1, -0.05) is 0 Å². The Hall–Kier alpha value is -1.99. The summed E-state index contributed by atoms with van der Waals surface area (Å²) in [7, 11) is 3.19. The number of carbonyl (C=O) groups is 1. The van der Waals surface area contributed by atoms with Gasteiger partial charge < -0.3 is 18.9 Å². The van der Waals surface area contributed by atoms with Crippen LogP contribution < -0.4 is 0 Å². The quantitative estimate of drug-likeness (QED) is 0.616. The molecule has 7 heteroatoms. The molecule has 114 valence electrons. The molecule has 0 bridgehead atoms. The van der Waals surface area contributed by atoms with E-state index >= 15 is 0 Å². The summed E-state index contributed by atoms with van der Waals surface area (Å²) in [5.41, 5.74) is 0.599. The minimum Gasteiger partial charge on any atom is -0.488 e. The van der Waals surface area contributed by atoms with Gasteiger partial charge in [-0.3, -0.25) is 4.79 Å². The number of allylic oxidation sites excluding steroid dienone is 1. The van der Waals surface area contributed by atoms with E-state index in [4.69, 9.17) is 18.9 Å². The van der Waals surface area contributed by atoms with Crippen molar-refractivity contribution in [3.63, 3.8) is 0 Å². The number of hydrogen-bond donors (Lipinski definition) is 0. The van der Waals surface area contributed by atoms with Crippen LogP contribution in [0.3, 0.4) is 0 Å². The molecule has 1 amide bonds. The van der Waals surface area contributed by atoms with E-state index in [1.165, 1.54) is 6.34 Å². The van der Waals surface area contributed by atoms with Crippen LogP contribution in [-0.2, 0) is 23.7 Å². The van der Waals surface area contributed by atoms with Crippen LogP contribution in [0.4, 0.5) is 0 Å². The molecule has 0 aromatic heterocycles. The SMILES string of the molecule is COCCOC1=CC2=NC=NC(=O)C2C=C1OCCOC. The number of rotatable bonds is 8. The summed E-state index contributed by atoms with van der Waals surface area (Å²) >= 11 is 0. The molecule has 1 aliphatic carbocycles. The van der Waals surface area contributed by atoms with Gasteiger partial charge in [0, 0.05) is 20.3 Å². The fourth-order valence-corrected chi connectivity index (χ4v) is 1.86. The van der Waals surface area contributed by atoms with Crippen LogP contribution in [0.25, 0.3) is 0 Å². The van der Waals surface area contributed by atoms with E-state index in [0.29, 0.717) is 43.7 Å². The Kier molecular flexibility index (Phi) is 5.65. The predicted molar refractivity (Wildman–Crippen MR) is 76.2 cm³/mol. The Bertz CT molecular complexity index is 507. The maximum absolute atomic E-state index is 11.8. The van der Waals surface area contributed by atoms with E-state index in [9.17, 15) is 4.79 Å². The summed E-state index contributed by atoms with van der Waals surface area (Å²) in [6.07, 6.45) is 4.63. The number of nitrogens with zero attached hydrogens (tertiary/aromatic N) is 2. The second-order valence-electron chi connectivity index (χ2n) is 4.34. The van der Waals surface area contributed by atoms with Gasteiger partial charge in [0.1, 0.15) is 25.5 Å². The normalized spacial score (nSPS) is 20.4. The molecule has 0 saturated carbocycles. The molecule has 2 aliphatic rings. The topological polar surface area (TPSA) is 78.7 Å². The first-order chi connectivity index (χ1) is 10.3. The van der Waals surface area contributed by atoms with Gasteiger partial charge in [0.05, 0.1) is 18.9 Å². The first kappa shape index (κ1) is 15.4. The van der Waals surface area contributed by atoms with Crippen molar-refractivity contribution in [3.05, 3.63) is 23.7 Å². The van der Waals surface area contributed by atoms with E-state index in [0.717, 1.165) is 0 Å². The Morgan fingerprint density at radius 2 is 1.71 bits per heavy atom. The molecule has 1 aliphatic heterocycles. The second kappa shape index (κ2) is 7.70. The summed E-state index contributed by atoms with van der Waals surface area (Å²) in [6, 6.07) is 0. The highest BCUT2D eigenvalue weighted by molar-refractivity contribution is 6.18. The molecule has 1 heterocycles. The molecule has 1 unspecified atom stereocenters. The van der Waals surface area contributed by atoms with Crippen LogP contribution in [0, 0.1) is 5.92 Å². The molecule has 0 aromatic carbocycles. The molecular formula is C14H18N2O5. The van der Waals surface area contributed by atoms with E-state index in [1.54, 1.807) is 26.4 Å². The largest absolute Gasteiger partial charge is 0.488 e. The van der Waals surface area contributed by atoms with Gasteiger partial charge in [-0.05, 0) is 6.08 Å². The fourth-order valence-electron chi connectivity index (χ4n) is 1.86. The Labute approximate surface area is 122 Å². The minimum atomic E-state index is -0.512. The van der Waals surface area contributed by atoms with Crippen LogP contribution in [0.15, 0.2) is 33.7 Å². The van der Waals surface area contributed by atoms with Gasteiger partial charge in [-0.25, -0.2) is 9.98 Å². The van der Waals surface area contributed by atoms with Gasteiger partial charge in [-0.2, -0.15) is 0 Å². The van der Waals surface area contributed by atoms with E-state index in [1.807, 2.05) is 0 Å². The van der Waals surface area contributed by atoms with Crippen LogP contribution in [0.5, 0.6) is 0 Å². The average Bonchev–Trinajstić information content (AvgIpc) is 2.49. The van der Waals surface area contributed by atoms with Crippen LogP contribution >= 0.6 is 0 Å². The lowest BCUT2D eigenvalue weighted by Gasteiger charge is -2.23. The third kappa shape index (κ3) is 3.99. The zero-order valence-corrected chi connectivity index (χ0v) is 12.1. The van der Waals surface area contributed by atoms with Crippen molar-refractivity contribution >= 4 is 18.0 Å². The molecule has 0 saturated heterocycles. The Morgan fingerprint density at radius 1 is 1.05 bits per heavy atom. The lowest BCUT2D eigenvalue weighted by molar-refractivity contribution is -0.118. The number of methoxy groups -OCH3 is 2. The highest BCUT2D eigenvalue weighted by Gasteiger charge is 2.30. The highest BCUT2D eigenvalue weighted by atomic mass is 16.6. The van der Waals surface area contributed by atoms with Gasteiger partial charge in [-0.15, -0.1) is 0 Å². The van der Waals surface area contributed by atoms with Crippen molar-refractivity contribution in [2.75, 3.05) is 40.6 Å². The van der Waals surface area contributed by atoms with Crippen molar-refractivity contribution in [3.8, 4) is 0 Å². The third-order valence-electron chi connectivity index (χ3n) is 2.91. The zero-order chi connectivity index (χ0) is 15.1. The lowest BCUT2D eigenvalue weighted by atomic mass is 9.95. The zero-order valence-electron chi connectivity index (χ0n) is 12.1. The molecule has 2 rings (SSSR count). The molecule has 0 N–H and O–H groups in total. The third-order valence-corrected chi connectivity index (χ3v) is 2.91. The summed E-state index contributed by atoms with van der Waals surface area (Å²) in [5, 5.41) is 0. The minimum absolute atomic E-state index is 0.264. The number of carbonyl (C=O) groups excluding carboxylic acids is 1. The smallest absolute Gasteiger partial charge is 0.260 e. The van der Waals surface area contributed by atoms with Crippen LogP contribution in [0.1, 0.15) is 0 Å². The molecule has 0 radical (unpaired) electrons. The van der Waals surface area contributed by atoms with Crippen molar-refractivity contribution < 1.29 is 23.7 Å². The first-order valence-corrected chi connectivity index (χ1v) is 6.57. The maximum atomic E-state index is 11.8. The van der Waals surface area contributed by atoms with Crippen molar-refractivity contribution in [1.29, 1.82) is 0 Å². The number of amides is 1. The van der Waals surface area contributed by atoms with E-state index in [-0.39, 0.29) is 5.91 Å². The van der Waals surface area contributed by atoms with Gasteiger partial charge in [0.25, 0.3) is 5.91 Å². The Balaban J connectivity index is 2.12. The standard InChI is InChI=1S/C14H18N2O5/c1-18-3-5-20-12-7-10-11(15-9-16-14(10)17)8-13(12)21-6-4-19-2/h7-10H,3-6H2,1-2H3. The molecule has 21 heavy (non-hydrogen) atoms. The number of hydrogen-bond acceptors (Lipinski definition) is 6. The Morgan fingerprint density at radius 3 is 2.38 bits per heavy atom. The van der Waals surface area contributed by atoms with Crippen LogP contribution in [0.2, 0.25) is 0 Å². The molecular weight excluding hydrogens is 276 g/mol. The van der Waals surface area contributed by atoms with Gasteiger partial charge in [0.2, 0.25) is 0 Å². The first-order valence-electron chi connectivity index (χ1n) is 6.57. The number of aliphatic imine (C=N–C) groups is 2. The van der Waals surface area contributed by atoms with Crippen LogP contribution in [-0.4, -0.2) is 58.6 Å². The summed E-state index contributed by atoms with van der Waals surface area (Å²) < 4.78 is 21.1. The van der Waals surface area contributed by atoms with Crippen molar-refractivity contribution in [1.82, 2.24) is 0 Å². The average molecular weight is 294 g/mol. The molecule has 1 atom stereocenters. The number of fused-ring (bicyclic) bond motifs is 1. The van der Waals surface area contributed by atoms with Crippen molar-refractivity contribution in [2.45, 2.75) is 0 Å². The lowest BCUT2D eigenvalue weighted by Crippen LogP contribution is -2.27. The van der Waals surface area contributed by atoms with E-state index in [2.05, 4.69) is 9.98 Å². The van der Waals surface area contributed by atoms with Gasteiger partial charge >= 0.3 is 0 Å². The molecule has 0 fully saturated rings. The maximum Gasteiger partial charge on any atom is 0.260 e. The van der Waals surface area contributed by atoms with Crippen molar-refractivity contribution in [2.24, 2.45) is 15.9 Å². The monoisotopic (exact) mass is 294 g/mol. The highest BCUT2D eigenvalue weighted by Crippen LogP contribution is 2.25. The predicted octanol–water partition coefficient (Wildman–Crippen LogP) is 0.720. The van der Waals surface area contributed by atoms with Gasteiger partial charge in [0.15, 0.2) is 11.5 Å². The molecule has 7 nitrogen and oxygen atoms in total. The second-order valence-corrected chi connectivity index (χ2v) is 4.34. The number of ether oxygens (including phenoxy) is 4. The van der Waals surface area contributed by atoms with E-state index < -0.39 is 5.92 Å². The fraction of sp³-hybridized carbons (Fsp3) is 0.500. The molecule has 0 aromatic rings. The summed E-state index contributed by atoms with van der Waals surface area (Å²) in [5.74, 6) is 0.251.